The van der Waals surface area contributed by atoms with Crippen LogP contribution < -0.4 is 22.9 Å². The van der Waals surface area contributed by atoms with E-state index in [1.54, 1.807) is 0 Å². The number of primary amides is 2. The summed E-state index contributed by atoms with van der Waals surface area (Å²) in [5.74, 6) is -0.658. The number of amides is 2. The fourth-order valence-corrected chi connectivity index (χ4v) is 1.24. The van der Waals surface area contributed by atoms with Gasteiger partial charge in [0.2, 0.25) is 11.8 Å². The minimum absolute atomic E-state index is 0.329. The van der Waals surface area contributed by atoms with E-state index in [4.69, 9.17) is 22.9 Å². The van der Waals surface area contributed by atoms with Gasteiger partial charge in [-0.25, -0.2) is 0 Å². The molecule has 0 fully saturated rings. The third-order valence-electron chi connectivity index (χ3n) is 2.25. The van der Waals surface area contributed by atoms with Gasteiger partial charge in [0.15, 0.2) is 0 Å². The highest BCUT2D eigenvalue weighted by molar-refractivity contribution is 5.74. The zero-order valence-electron chi connectivity index (χ0n) is 11.2. The van der Waals surface area contributed by atoms with Crippen LogP contribution in [0.3, 0.4) is 0 Å². The van der Waals surface area contributed by atoms with Crippen LogP contribution in [0.2, 0.25) is 0 Å². The number of rotatable bonds is 10. The molecule has 0 heterocycles. The Labute approximate surface area is 109 Å². The molecule has 0 radical (unpaired) electrons. The standard InChI is InChI=1S/C6H12N2O2.C6H16N2/c7-5(9)3-1-2-4-6(8)10;7-5-3-1-2-4-6-8/h1-4H2,(H2,7,9)(H2,8,10);1-8H2. The first-order valence-electron chi connectivity index (χ1n) is 6.51. The average Bonchev–Trinajstić information content (AvgIpc) is 2.31. The fraction of sp³-hybridized carbons (Fsp3) is 0.833. The van der Waals surface area contributed by atoms with Crippen molar-refractivity contribution in [1.29, 1.82) is 0 Å². The van der Waals surface area contributed by atoms with Crippen LogP contribution in [-0.4, -0.2) is 24.9 Å². The predicted octanol–water partition coefficient (Wildman–Crippen LogP) is -0.0184. The van der Waals surface area contributed by atoms with Crippen molar-refractivity contribution in [1.82, 2.24) is 0 Å². The lowest BCUT2D eigenvalue weighted by atomic mass is 10.2. The van der Waals surface area contributed by atoms with E-state index in [0.717, 1.165) is 25.9 Å². The maximum atomic E-state index is 10.2. The predicted molar refractivity (Wildman–Crippen MR) is 73.4 cm³/mol. The van der Waals surface area contributed by atoms with Crippen LogP contribution in [0.4, 0.5) is 0 Å². The summed E-state index contributed by atoms with van der Waals surface area (Å²) in [4.78, 5) is 20.3. The maximum Gasteiger partial charge on any atom is 0.217 e. The van der Waals surface area contributed by atoms with Gasteiger partial charge in [0, 0.05) is 12.8 Å². The second kappa shape index (κ2) is 15.9. The minimum Gasteiger partial charge on any atom is -0.370 e. The van der Waals surface area contributed by atoms with Crippen molar-refractivity contribution in [2.45, 2.75) is 51.4 Å². The highest BCUT2D eigenvalue weighted by atomic mass is 16.1. The molecule has 0 aliphatic carbocycles. The summed E-state index contributed by atoms with van der Waals surface area (Å²) in [5, 5.41) is 0. The molecule has 0 aliphatic heterocycles. The molecule has 0 aromatic rings. The molecular formula is C12H28N4O2. The van der Waals surface area contributed by atoms with Gasteiger partial charge >= 0.3 is 0 Å². The molecule has 108 valence electrons. The van der Waals surface area contributed by atoms with Gasteiger partial charge in [-0.15, -0.1) is 0 Å². The van der Waals surface area contributed by atoms with E-state index in [1.807, 2.05) is 0 Å². The summed E-state index contributed by atoms with van der Waals surface area (Å²) in [6.07, 6.45) is 6.78. The van der Waals surface area contributed by atoms with E-state index < -0.39 is 0 Å². The van der Waals surface area contributed by atoms with Gasteiger partial charge in [0.25, 0.3) is 0 Å². The van der Waals surface area contributed by atoms with Gasteiger partial charge in [0.05, 0.1) is 0 Å². The Hall–Kier alpha value is -1.14. The molecule has 0 saturated carbocycles. The normalized spacial score (nSPS) is 9.44. The summed E-state index contributed by atoms with van der Waals surface area (Å²) in [6, 6.07) is 0. The third-order valence-corrected chi connectivity index (χ3v) is 2.25. The fourth-order valence-electron chi connectivity index (χ4n) is 1.24. The largest absolute Gasteiger partial charge is 0.370 e. The Morgan fingerprint density at radius 3 is 1.17 bits per heavy atom. The van der Waals surface area contributed by atoms with Crippen LogP contribution in [0, 0.1) is 0 Å². The van der Waals surface area contributed by atoms with Crippen LogP contribution in [0.15, 0.2) is 0 Å². The first-order chi connectivity index (χ1) is 8.54. The highest BCUT2D eigenvalue weighted by Gasteiger charge is 1.96. The quantitative estimate of drug-likeness (QED) is 0.410. The molecule has 6 heteroatoms. The first kappa shape index (κ1) is 19.2. The van der Waals surface area contributed by atoms with Gasteiger partial charge in [-0.1, -0.05) is 12.8 Å². The number of hydrogen-bond acceptors (Lipinski definition) is 4. The van der Waals surface area contributed by atoms with Crippen LogP contribution in [0.1, 0.15) is 51.4 Å². The Kier molecular flexibility index (Phi) is 16.9. The summed E-state index contributed by atoms with van der Waals surface area (Å²) in [5.41, 5.74) is 20.3. The van der Waals surface area contributed by atoms with E-state index in [1.165, 1.54) is 12.8 Å². The second-order valence-electron chi connectivity index (χ2n) is 4.13. The van der Waals surface area contributed by atoms with Crippen molar-refractivity contribution in [3.05, 3.63) is 0 Å². The molecule has 0 spiro atoms. The van der Waals surface area contributed by atoms with Crippen molar-refractivity contribution in [3.63, 3.8) is 0 Å². The van der Waals surface area contributed by atoms with E-state index in [9.17, 15) is 9.59 Å². The lowest BCUT2D eigenvalue weighted by Gasteiger charge is -1.94. The molecule has 0 aliphatic rings. The molecule has 6 nitrogen and oxygen atoms in total. The third kappa shape index (κ3) is 24.2. The Bertz CT molecular complexity index is 188. The molecular weight excluding hydrogens is 232 g/mol. The number of carbonyl (C=O) groups is 2. The van der Waals surface area contributed by atoms with Crippen molar-refractivity contribution < 1.29 is 9.59 Å². The Morgan fingerprint density at radius 1 is 0.611 bits per heavy atom. The minimum atomic E-state index is -0.329. The van der Waals surface area contributed by atoms with Crippen molar-refractivity contribution in [2.24, 2.45) is 22.9 Å². The lowest BCUT2D eigenvalue weighted by Crippen LogP contribution is -2.12. The van der Waals surface area contributed by atoms with Crippen molar-refractivity contribution >= 4 is 11.8 Å². The number of unbranched alkanes of at least 4 members (excludes halogenated alkanes) is 4. The zero-order valence-corrected chi connectivity index (χ0v) is 11.2. The van der Waals surface area contributed by atoms with Gasteiger partial charge < -0.3 is 22.9 Å². The Morgan fingerprint density at radius 2 is 0.944 bits per heavy atom. The lowest BCUT2D eigenvalue weighted by molar-refractivity contribution is -0.119. The van der Waals surface area contributed by atoms with Crippen LogP contribution >= 0.6 is 0 Å². The molecule has 0 aromatic carbocycles. The monoisotopic (exact) mass is 260 g/mol. The molecule has 2 amide bonds. The molecule has 0 atom stereocenters. The van der Waals surface area contributed by atoms with Crippen molar-refractivity contribution in [2.75, 3.05) is 13.1 Å². The smallest absolute Gasteiger partial charge is 0.217 e. The molecule has 0 aromatic heterocycles. The number of carbonyl (C=O) groups excluding carboxylic acids is 2. The number of hydrogen-bond donors (Lipinski definition) is 4. The molecule has 0 bridgehead atoms. The SMILES string of the molecule is NC(=O)CCCCC(N)=O.NCCCCCCN. The van der Waals surface area contributed by atoms with Gasteiger partial charge in [-0.2, -0.15) is 0 Å². The van der Waals surface area contributed by atoms with E-state index >= 15 is 0 Å². The zero-order chi connectivity index (χ0) is 14.2. The van der Waals surface area contributed by atoms with E-state index in [2.05, 4.69) is 0 Å². The first-order valence-corrected chi connectivity index (χ1v) is 6.51. The summed E-state index contributed by atoms with van der Waals surface area (Å²) >= 11 is 0. The molecule has 18 heavy (non-hydrogen) atoms. The van der Waals surface area contributed by atoms with Gasteiger partial charge in [-0.3, -0.25) is 9.59 Å². The molecule has 8 N–H and O–H groups in total. The summed E-state index contributed by atoms with van der Waals surface area (Å²) in [7, 11) is 0. The van der Waals surface area contributed by atoms with Crippen LogP contribution in [0.25, 0.3) is 0 Å². The van der Waals surface area contributed by atoms with Gasteiger partial charge in [-0.05, 0) is 38.8 Å². The molecule has 0 unspecified atom stereocenters. The van der Waals surface area contributed by atoms with Gasteiger partial charge in [0.1, 0.15) is 0 Å². The molecule has 0 saturated heterocycles. The average molecular weight is 260 g/mol. The molecule has 0 rings (SSSR count). The highest BCUT2D eigenvalue weighted by Crippen LogP contribution is 1.97. The van der Waals surface area contributed by atoms with E-state index in [-0.39, 0.29) is 11.8 Å². The van der Waals surface area contributed by atoms with Crippen molar-refractivity contribution in [3.8, 4) is 0 Å². The topological polar surface area (TPSA) is 138 Å². The van der Waals surface area contributed by atoms with E-state index in [0.29, 0.717) is 25.7 Å². The van der Waals surface area contributed by atoms with Crippen LogP contribution in [-0.2, 0) is 9.59 Å². The Balaban J connectivity index is 0. The summed E-state index contributed by atoms with van der Waals surface area (Å²) < 4.78 is 0. The maximum absolute atomic E-state index is 10.2. The number of nitrogens with two attached hydrogens (primary N) is 4. The second-order valence-corrected chi connectivity index (χ2v) is 4.13. The summed E-state index contributed by atoms with van der Waals surface area (Å²) in [6.45, 7) is 1.65. The van der Waals surface area contributed by atoms with Crippen LogP contribution in [0.5, 0.6) is 0 Å².